The van der Waals surface area contributed by atoms with Gasteiger partial charge in [0.1, 0.15) is 6.04 Å². The molecule has 2 aromatic rings. The number of carboxylic acid groups (broad SMARTS) is 1. The lowest BCUT2D eigenvalue weighted by molar-refractivity contribution is -0.142. The number of hydrogen-bond donors (Lipinski definition) is 3. The van der Waals surface area contributed by atoms with Crippen LogP contribution in [0.2, 0.25) is 10.0 Å². The number of amides is 2. The molecule has 2 atom stereocenters. The van der Waals surface area contributed by atoms with Crippen LogP contribution in [-0.4, -0.2) is 28.9 Å². The predicted octanol–water partition coefficient (Wildman–Crippen LogP) is 3.33. The molecule has 0 spiro atoms. The minimum atomic E-state index is -1.64. The summed E-state index contributed by atoms with van der Waals surface area (Å²) in [4.78, 5) is 36.0. The van der Waals surface area contributed by atoms with Crippen molar-refractivity contribution in [2.24, 2.45) is 0 Å². The Hall–Kier alpha value is -2.71. The van der Waals surface area contributed by atoms with Gasteiger partial charge in [-0.25, -0.2) is 13.6 Å². The Morgan fingerprint density at radius 3 is 2.32 bits per heavy atom. The van der Waals surface area contributed by atoms with Gasteiger partial charge in [-0.3, -0.25) is 9.59 Å². The summed E-state index contributed by atoms with van der Waals surface area (Å²) in [5.41, 5.74) is -0.139. The molecule has 0 unspecified atom stereocenters. The van der Waals surface area contributed by atoms with E-state index in [0.29, 0.717) is 6.07 Å². The Morgan fingerprint density at radius 1 is 1.04 bits per heavy atom. The van der Waals surface area contributed by atoms with Gasteiger partial charge in [0, 0.05) is 0 Å². The molecule has 0 aliphatic carbocycles. The second-order valence-electron chi connectivity index (χ2n) is 5.75. The van der Waals surface area contributed by atoms with Crippen LogP contribution in [0.15, 0.2) is 36.4 Å². The maximum Gasteiger partial charge on any atom is 0.330 e. The molecule has 2 amide bonds. The summed E-state index contributed by atoms with van der Waals surface area (Å²) in [6.07, 6.45) is 0. The third kappa shape index (κ3) is 4.96. The van der Waals surface area contributed by atoms with Crippen molar-refractivity contribution in [1.29, 1.82) is 0 Å². The molecule has 0 aliphatic heterocycles. The smallest absolute Gasteiger partial charge is 0.330 e. The van der Waals surface area contributed by atoms with Crippen LogP contribution >= 0.6 is 23.2 Å². The van der Waals surface area contributed by atoms with Crippen molar-refractivity contribution >= 4 is 41.0 Å². The molecule has 3 N–H and O–H groups in total. The van der Waals surface area contributed by atoms with Crippen molar-refractivity contribution in [3.8, 4) is 0 Å². The maximum absolute atomic E-state index is 13.4. The quantitative estimate of drug-likeness (QED) is 0.654. The number of rotatable bonds is 6. The normalized spacial score (nSPS) is 12.8. The Kier molecular flexibility index (Phi) is 6.93. The van der Waals surface area contributed by atoms with E-state index in [-0.39, 0.29) is 21.2 Å². The van der Waals surface area contributed by atoms with E-state index in [1.165, 1.54) is 25.1 Å². The second-order valence-corrected chi connectivity index (χ2v) is 6.54. The first-order valence-electron chi connectivity index (χ1n) is 7.84. The van der Waals surface area contributed by atoms with Gasteiger partial charge in [0.15, 0.2) is 17.7 Å². The lowest BCUT2D eigenvalue weighted by Gasteiger charge is -2.19. The van der Waals surface area contributed by atoms with E-state index >= 15 is 0 Å². The van der Waals surface area contributed by atoms with Gasteiger partial charge < -0.3 is 15.7 Å². The fourth-order valence-corrected chi connectivity index (χ4v) is 2.65. The van der Waals surface area contributed by atoms with Gasteiger partial charge in [-0.2, -0.15) is 0 Å². The number of hydrogen-bond acceptors (Lipinski definition) is 3. The van der Waals surface area contributed by atoms with Crippen LogP contribution in [0, 0.1) is 11.6 Å². The van der Waals surface area contributed by atoms with E-state index in [0.717, 1.165) is 12.1 Å². The standard InChI is InChI=1S/C18H14Cl2F2N2O4/c1-8(23-17(26)10-3-2-4-11(19)14(10)20)16(25)24-15(18(27)28)9-5-6-12(21)13(22)7-9/h2-8,15H,1H3,(H,23,26)(H,24,25)(H,27,28)/t8-,15-/m0/s1. The highest BCUT2D eigenvalue weighted by molar-refractivity contribution is 6.43. The van der Waals surface area contributed by atoms with Crippen LogP contribution < -0.4 is 10.6 Å². The molecule has 0 fully saturated rings. The number of nitrogens with one attached hydrogen (secondary N) is 2. The molecule has 28 heavy (non-hydrogen) atoms. The third-order valence-corrected chi connectivity index (χ3v) is 4.57. The molecule has 0 heterocycles. The number of halogens is 4. The molecule has 10 heteroatoms. The van der Waals surface area contributed by atoms with Crippen molar-refractivity contribution < 1.29 is 28.3 Å². The van der Waals surface area contributed by atoms with Crippen LogP contribution in [0.25, 0.3) is 0 Å². The Bertz CT molecular complexity index is 940. The first-order chi connectivity index (χ1) is 13.1. The van der Waals surface area contributed by atoms with Crippen molar-refractivity contribution in [3.05, 3.63) is 69.2 Å². The lowest BCUT2D eigenvalue weighted by Crippen LogP contribution is -2.47. The van der Waals surface area contributed by atoms with Crippen LogP contribution in [0.4, 0.5) is 8.78 Å². The number of carbonyl (C=O) groups is 3. The zero-order valence-electron chi connectivity index (χ0n) is 14.3. The van der Waals surface area contributed by atoms with E-state index in [2.05, 4.69) is 10.6 Å². The Labute approximate surface area is 168 Å². The van der Waals surface area contributed by atoms with Crippen molar-refractivity contribution in [2.45, 2.75) is 19.0 Å². The Balaban J connectivity index is 2.12. The molecule has 2 rings (SSSR count). The second kappa shape index (κ2) is 8.99. The number of aliphatic carboxylic acids is 1. The van der Waals surface area contributed by atoms with E-state index < -0.39 is 41.5 Å². The number of carboxylic acids is 1. The summed E-state index contributed by atoms with van der Waals surface area (Å²) >= 11 is 11.8. The molecule has 0 saturated heterocycles. The fourth-order valence-electron chi connectivity index (χ4n) is 2.27. The highest BCUT2D eigenvalue weighted by atomic mass is 35.5. The van der Waals surface area contributed by atoms with Crippen molar-refractivity contribution in [2.75, 3.05) is 0 Å². The zero-order chi connectivity index (χ0) is 21.0. The average molecular weight is 431 g/mol. The summed E-state index contributed by atoms with van der Waals surface area (Å²) in [5.74, 6) is -5.46. The van der Waals surface area contributed by atoms with Crippen LogP contribution in [-0.2, 0) is 9.59 Å². The van der Waals surface area contributed by atoms with Gasteiger partial charge in [0.2, 0.25) is 5.91 Å². The average Bonchev–Trinajstić information content (AvgIpc) is 2.63. The highest BCUT2D eigenvalue weighted by Gasteiger charge is 2.27. The Morgan fingerprint density at radius 2 is 1.71 bits per heavy atom. The summed E-state index contributed by atoms with van der Waals surface area (Å²) < 4.78 is 26.4. The molecule has 0 bridgehead atoms. The summed E-state index contributed by atoms with van der Waals surface area (Å²) in [5, 5.41) is 14.0. The SMILES string of the molecule is C[C@H](NC(=O)c1cccc(Cl)c1Cl)C(=O)N[C@H](C(=O)O)c1ccc(F)c(F)c1. The topological polar surface area (TPSA) is 95.5 Å². The largest absolute Gasteiger partial charge is 0.479 e. The van der Waals surface area contributed by atoms with E-state index in [9.17, 15) is 28.3 Å². The molecule has 148 valence electrons. The maximum atomic E-state index is 13.4. The molecule has 0 saturated carbocycles. The molecule has 6 nitrogen and oxygen atoms in total. The van der Waals surface area contributed by atoms with Gasteiger partial charge in [-0.05, 0) is 36.8 Å². The zero-order valence-corrected chi connectivity index (χ0v) is 15.8. The number of carbonyl (C=O) groups excluding carboxylic acids is 2. The molecular formula is C18H14Cl2F2N2O4. The summed E-state index contributed by atoms with van der Waals surface area (Å²) in [7, 11) is 0. The first-order valence-corrected chi connectivity index (χ1v) is 8.60. The van der Waals surface area contributed by atoms with Gasteiger partial charge in [-0.15, -0.1) is 0 Å². The monoisotopic (exact) mass is 430 g/mol. The first kappa shape index (κ1) is 21.6. The van der Waals surface area contributed by atoms with Crippen LogP contribution in [0.5, 0.6) is 0 Å². The molecule has 0 aliphatic rings. The highest BCUT2D eigenvalue weighted by Crippen LogP contribution is 2.25. The molecule has 0 radical (unpaired) electrons. The van der Waals surface area contributed by atoms with Gasteiger partial charge in [0.05, 0.1) is 15.6 Å². The third-order valence-electron chi connectivity index (χ3n) is 3.75. The fraction of sp³-hybridized carbons (Fsp3) is 0.167. The minimum absolute atomic E-state index is 0.000486. The van der Waals surface area contributed by atoms with Crippen LogP contribution in [0.3, 0.4) is 0 Å². The van der Waals surface area contributed by atoms with Gasteiger partial charge in [0.25, 0.3) is 5.91 Å². The van der Waals surface area contributed by atoms with Crippen molar-refractivity contribution in [1.82, 2.24) is 10.6 Å². The molecule has 2 aromatic carbocycles. The van der Waals surface area contributed by atoms with Crippen LogP contribution in [0.1, 0.15) is 28.9 Å². The molecule has 0 aromatic heterocycles. The summed E-state index contributed by atoms with van der Waals surface area (Å²) in [6, 6.07) is 4.03. The lowest BCUT2D eigenvalue weighted by atomic mass is 10.1. The van der Waals surface area contributed by atoms with Gasteiger partial charge in [-0.1, -0.05) is 35.3 Å². The van der Waals surface area contributed by atoms with Crippen molar-refractivity contribution in [3.63, 3.8) is 0 Å². The van der Waals surface area contributed by atoms with Gasteiger partial charge >= 0.3 is 5.97 Å². The van der Waals surface area contributed by atoms with E-state index in [1.54, 1.807) is 0 Å². The van der Waals surface area contributed by atoms with E-state index in [4.69, 9.17) is 23.2 Å². The van der Waals surface area contributed by atoms with E-state index in [1.807, 2.05) is 0 Å². The summed E-state index contributed by atoms with van der Waals surface area (Å²) in [6.45, 7) is 1.32. The predicted molar refractivity (Wildman–Crippen MR) is 98.3 cm³/mol. The number of benzene rings is 2. The molecular weight excluding hydrogens is 417 g/mol. The minimum Gasteiger partial charge on any atom is -0.479 e.